The second kappa shape index (κ2) is 5.10. The lowest BCUT2D eigenvalue weighted by molar-refractivity contribution is -0.161. The van der Waals surface area contributed by atoms with Crippen LogP contribution in [0.3, 0.4) is 0 Å². The van der Waals surface area contributed by atoms with Gasteiger partial charge in [0, 0.05) is 6.54 Å². The summed E-state index contributed by atoms with van der Waals surface area (Å²) in [6.07, 6.45) is 0.592. The van der Waals surface area contributed by atoms with E-state index in [2.05, 4.69) is 5.32 Å². The zero-order valence-corrected chi connectivity index (χ0v) is 10.9. The second-order valence-corrected chi connectivity index (χ2v) is 5.67. The molecule has 0 aromatic carbocycles. The third-order valence-electron chi connectivity index (χ3n) is 2.65. The van der Waals surface area contributed by atoms with Gasteiger partial charge in [0.25, 0.3) is 0 Å². The third-order valence-corrected chi connectivity index (χ3v) is 2.96. The largest absolute Gasteiger partial charge is 0.461 e. The van der Waals surface area contributed by atoms with Crippen LogP contribution in [0.5, 0.6) is 0 Å². The highest BCUT2D eigenvalue weighted by Crippen LogP contribution is 2.22. The fourth-order valence-corrected chi connectivity index (χ4v) is 1.81. The molecule has 0 radical (unpaired) electrons. The van der Waals surface area contributed by atoms with Crippen LogP contribution in [0.4, 0.5) is 0 Å². The van der Waals surface area contributed by atoms with Crippen LogP contribution in [0.15, 0.2) is 0 Å². The molecule has 1 aliphatic rings. The molecule has 1 saturated heterocycles. The van der Waals surface area contributed by atoms with E-state index in [1.54, 1.807) is 0 Å². The van der Waals surface area contributed by atoms with Crippen molar-refractivity contribution in [3.05, 3.63) is 0 Å². The van der Waals surface area contributed by atoms with Crippen LogP contribution in [0, 0.1) is 11.3 Å². The first-order valence-electron chi connectivity index (χ1n) is 5.53. The van der Waals surface area contributed by atoms with Crippen molar-refractivity contribution in [3.8, 4) is 0 Å². The molecule has 0 amide bonds. The molecule has 3 N–H and O–H groups in total. The first-order valence-corrected chi connectivity index (χ1v) is 5.94. The summed E-state index contributed by atoms with van der Waals surface area (Å²) in [5, 5.41) is 3.20. The van der Waals surface area contributed by atoms with E-state index < -0.39 is 5.41 Å². The van der Waals surface area contributed by atoms with Gasteiger partial charge in [0.2, 0.25) is 0 Å². The topological polar surface area (TPSA) is 64.3 Å². The lowest BCUT2D eigenvalue weighted by atomic mass is 9.94. The number of hydrogen-bond acceptors (Lipinski definition) is 4. The molecular weight excluding hydrogens is 224 g/mol. The highest BCUT2D eigenvalue weighted by Gasteiger charge is 2.33. The van der Waals surface area contributed by atoms with Crippen molar-refractivity contribution >= 4 is 23.2 Å². The Balaban J connectivity index is 2.63. The molecule has 0 spiro atoms. The van der Waals surface area contributed by atoms with Gasteiger partial charge in [0.15, 0.2) is 0 Å². The molecule has 1 aliphatic heterocycles. The van der Waals surface area contributed by atoms with E-state index >= 15 is 0 Å². The van der Waals surface area contributed by atoms with Crippen molar-refractivity contribution < 1.29 is 9.53 Å². The van der Waals surface area contributed by atoms with Gasteiger partial charge in [-0.1, -0.05) is 12.2 Å². The average molecular weight is 244 g/mol. The molecule has 0 bridgehead atoms. The Morgan fingerprint density at radius 2 is 2.12 bits per heavy atom. The number of carbonyl (C=O) groups excluding carboxylic acids is 1. The van der Waals surface area contributed by atoms with Gasteiger partial charge < -0.3 is 15.8 Å². The number of esters is 1. The van der Waals surface area contributed by atoms with Gasteiger partial charge >= 0.3 is 5.97 Å². The van der Waals surface area contributed by atoms with E-state index in [4.69, 9.17) is 22.7 Å². The van der Waals surface area contributed by atoms with Crippen LogP contribution >= 0.6 is 12.2 Å². The Morgan fingerprint density at radius 1 is 1.50 bits per heavy atom. The number of hydrogen-bond donors (Lipinski definition) is 2. The molecule has 0 saturated carbocycles. The zero-order valence-electron chi connectivity index (χ0n) is 10.1. The van der Waals surface area contributed by atoms with Gasteiger partial charge in [-0.15, -0.1) is 0 Å². The minimum absolute atomic E-state index is 0.0463. The Hall–Kier alpha value is -0.680. The van der Waals surface area contributed by atoms with Crippen LogP contribution in [0.2, 0.25) is 0 Å². The second-order valence-electron chi connectivity index (χ2n) is 5.20. The van der Waals surface area contributed by atoms with Gasteiger partial charge in [-0.2, -0.15) is 0 Å². The quantitative estimate of drug-likeness (QED) is 0.557. The molecule has 5 heteroatoms. The van der Waals surface area contributed by atoms with E-state index in [9.17, 15) is 4.79 Å². The summed E-state index contributed by atoms with van der Waals surface area (Å²) in [4.78, 5) is 12.2. The molecule has 4 nitrogen and oxygen atoms in total. The number of thiocarbonyl (C=S) groups is 1. The maximum Gasteiger partial charge on any atom is 0.311 e. The minimum Gasteiger partial charge on any atom is -0.461 e. The Bertz CT molecular complexity index is 286. The van der Waals surface area contributed by atoms with Crippen molar-refractivity contribution in [2.75, 3.05) is 13.1 Å². The average Bonchev–Trinajstić information content (AvgIpc) is 2.16. The molecule has 1 rings (SSSR count). The molecule has 1 fully saturated rings. The van der Waals surface area contributed by atoms with Crippen molar-refractivity contribution in [3.63, 3.8) is 0 Å². The summed E-state index contributed by atoms with van der Waals surface area (Å²) >= 11 is 4.99. The van der Waals surface area contributed by atoms with Crippen LogP contribution in [-0.2, 0) is 9.53 Å². The molecule has 0 aromatic heterocycles. The summed E-state index contributed by atoms with van der Waals surface area (Å²) in [5.74, 6) is -0.240. The van der Waals surface area contributed by atoms with Crippen molar-refractivity contribution in [1.29, 1.82) is 0 Å². The monoisotopic (exact) mass is 244 g/mol. The first-order chi connectivity index (χ1) is 7.32. The van der Waals surface area contributed by atoms with E-state index in [0.717, 1.165) is 13.0 Å². The standard InChI is InChI=1S/C11H20N2O2S/c1-11(2,3)10(14)15-8-4-5-13-6-7(8)9(12)16/h7-8,13H,4-6H2,1-3H3,(H2,12,16). The molecule has 92 valence electrons. The highest BCUT2D eigenvalue weighted by atomic mass is 32.1. The Kier molecular flexibility index (Phi) is 4.27. The van der Waals surface area contributed by atoms with Crippen molar-refractivity contribution in [1.82, 2.24) is 5.32 Å². The van der Waals surface area contributed by atoms with Gasteiger partial charge in [0.1, 0.15) is 6.10 Å². The van der Waals surface area contributed by atoms with E-state index in [1.165, 1.54) is 0 Å². The molecule has 1 heterocycles. The van der Waals surface area contributed by atoms with Crippen LogP contribution in [0.25, 0.3) is 0 Å². The van der Waals surface area contributed by atoms with Gasteiger partial charge in [-0.3, -0.25) is 4.79 Å². The predicted octanol–water partition coefficient (Wildman–Crippen LogP) is 0.840. The van der Waals surface area contributed by atoms with Crippen LogP contribution < -0.4 is 11.1 Å². The number of nitrogens with two attached hydrogens (primary N) is 1. The molecule has 0 aromatic rings. The minimum atomic E-state index is -0.481. The number of nitrogens with one attached hydrogen (secondary N) is 1. The Morgan fingerprint density at radius 3 is 2.62 bits per heavy atom. The molecule has 0 aliphatic carbocycles. The molecule has 2 atom stereocenters. The van der Waals surface area contributed by atoms with E-state index in [-0.39, 0.29) is 18.0 Å². The summed E-state index contributed by atoms with van der Waals surface area (Å²) < 4.78 is 5.48. The summed E-state index contributed by atoms with van der Waals surface area (Å²) in [5.41, 5.74) is 5.16. The predicted molar refractivity (Wildman–Crippen MR) is 67.1 cm³/mol. The van der Waals surface area contributed by atoms with Gasteiger partial charge in [-0.25, -0.2) is 0 Å². The molecule has 2 unspecified atom stereocenters. The maximum atomic E-state index is 11.8. The first kappa shape index (κ1) is 13.4. The smallest absolute Gasteiger partial charge is 0.311 e. The summed E-state index contributed by atoms with van der Waals surface area (Å²) in [6.45, 7) is 7.04. The van der Waals surface area contributed by atoms with E-state index in [0.29, 0.717) is 11.5 Å². The van der Waals surface area contributed by atoms with Crippen molar-refractivity contribution in [2.45, 2.75) is 33.3 Å². The maximum absolute atomic E-state index is 11.8. The number of piperidine rings is 1. The zero-order chi connectivity index (χ0) is 12.3. The van der Waals surface area contributed by atoms with Crippen LogP contribution in [0.1, 0.15) is 27.2 Å². The van der Waals surface area contributed by atoms with Crippen LogP contribution in [-0.4, -0.2) is 30.2 Å². The summed E-state index contributed by atoms with van der Waals surface area (Å²) in [7, 11) is 0. The number of carbonyl (C=O) groups is 1. The Labute approximate surface area is 102 Å². The van der Waals surface area contributed by atoms with Gasteiger partial charge in [0.05, 0.1) is 16.3 Å². The fourth-order valence-electron chi connectivity index (χ4n) is 1.57. The normalized spacial score (nSPS) is 26.2. The van der Waals surface area contributed by atoms with E-state index in [1.807, 2.05) is 20.8 Å². The molecular formula is C11H20N2O2S. The fraction of sp³-hybridized carbons (Fsp3) is 0.818. The van der Waals surface area contributed by atoms with Gasteiger partial charge in [-0.05, 0) is 33.7 Å². The SMILES string of the molecule is CC(C)(C)C(=O)OC1CCNCC1C(N)=S. The van der Waals surface area contributed by atoms with Crippen molar-refractivity contribution in [2.24, 2.45) is 17.1 Å². The molecule has 16 heavy (non-hydrogen) atoms. The highest BCUT2D eigenvalue weighted by molar-refractivity contribution is 7.80. The lowest BCUT2D eigenvalue weighted by Gasteiger charge is -2.32. The number of ether oxygens (including phenoxy) is 1. The number of rotatable bonds is 2. The summed E-state index contributed by atoms with van der Waals surface area (Å²) in [6, 6.07) is 0. The lowest BCUT2D eigenvalue weighted by Crippen LogP contribution is -2.48. The third kappa shape index (κ3) is 3.42.